The Hall–Kier alpha value is -0.120. The van der Waals surface area contributed by atoms with Crippen LogP contribution < -0.4 is 0 Å². The van der Waals surface area contributed by atoms with Crippen molar-refractivity contribution in [2.24, 2.45) is 5.92 Å². The summed E-state index contributed by atoms with van der Waals surface area (Å²) < 4.78 is 10.6. The van der Waals surface area contributed by atoms with E-state index in [0.29, 0.717) is 12.3 Å². The summed E-state index contributed by atoms with van der Waals surface area (Å²) >= 11 is 0. The van der Waals surface area contributed by atoms with E-state index < -0.39 is 0 Å². The van der Waals surface area contributed by atoms with Gasteiger partial charge in [0.15, 0.2) is 6.29 Å². The lowest BCUT2D eigenvalue weighted by molar-refractivity contribution is -0.207. The van der Waals surface area contributed by atoms with Crippen LogP contribution in [0.2, 0.25) is 0 Å². The number of hydrogen-bond donors (Lipinski definition) is 1. The minimum absolute atomic E-state index is 0.189. The first kappa shape index (κ1) is 8.97. The molecule has 0 amide bonds. The average molecular weight is 160 g/mol. The third kappa shape index (κ3) is 3.18. The maximum atomic E-state index is 9.01. The summed E-state index contributed by atoms with van der Waals surface area (Å²) in [5, 5.41) is 9.01. The highest BCUT2D eigenvalue weighted by Gasteiger charge is 2.19. The van der Waals surface area contributed by atoms with Crippen LogP contribution in [0.15, 0.2) is 0 Å². The maximum absolute atomic E-state index is 9.01. The van der Waals surface area contributed by atoms with Crippen molar-refractivity contribution in [3.05, 3.63) is 0 Å². The van der Waals surface area contributed by atoms with Crippen LogP contribution in [0.4, 0.5) is 0 Å². The smallest absolute Gasteiger partial charge is 0.160 e. The fraction of sp³-hybridized carbons (Fsp3) is 1.00. The van der Waals surface area contributed by atoms with Gasteiger partial charge in [0, 0.05) is 12.3 Å². The lowest BCUT2D eigenvalue weighted by Crippen LogP contribution is -2.32. The fourth-order valence-corrected chi connectivity index (χ4v) is 1.05. The Bertz CT molecular complexity index is 106. The molecule has 1 N–H and O–H groups in total. The molecular formula is C8H16O3. The second-order valence-electron chi connectivity index (χ2n) is 3.29. The van der Waals surface area contributed by atoms with Crippen molar-refractivity contribution >= 4 is 0 Å². The van der Waals surface area contributed by atoms with Gasteiger partial charge in [-0.15, -0.1) is 0 Å². The zero-order valence-electron chi connectivity index (χ0n) is 7.12. The van der Waals surface area contributed by atoms with Crippen LogP contribution in [-0.2, 0) is 9.47 Å². The number of hydrogen-bond acceptors (Lipinski definition) is 3. The van der Waals surface area contributed by atoms with Crippen LogP contribution in [0.5, 0.6) is 0 Å². The molecule has 0 aromatic heterocycles. The lowest BCUT2D eigenvalue weighted by Gasteiger charge is -2.27. The van der Waals surface area contributed by atoms with Crippen LogP contribution in [0.1, 0.15) is 20.3 Å². The summed E-state index contributed by atoms with van der Waals surface area (Å²) in [5.41, 5.74) is 0. The highest BCUT2D eigenvalue weighted by atomic mass is 16.7. The van der Waals surface area contributed by atoms with Gasteiger partial charge in [-0.25, -0.2) is 0 Å². The Kier molecular flexibility index (Phi) is 3.30. The van der Waals surface area contributed by atoms with Gasteiger partial charge in [0.25, 0.3) is 0 Å². The van der Waals surface area contributed by atoms with Crippen molar-refractivity contribution in [2.75, 3.05) is 13.2 Å². The Labute approximate surface area is 67.3 Å². The lowest BCUT2D eigenvalue weighted by atomic mass is 10.2. The molecule has 3 nitrogen and oxygen atoms in total. The van der Waals surface area contributed by atoms with Gasteiger partial charge < -0.3 is 14.6 Å². The monoisotopic (exact) mass is 160 g/mol. The van der Waals surface area contributed by atoms with E-state index in [0.717, 1.165) is 13.2 Å². The molecule has 1 aliphatic heterocycles. The van der Waals surface area contributed by atoms with Gasteiger partial charge in [0.1, 0.15) is 0 Å². The first-order chi connectivity index (χ1) is 5.18. The number of aliphatic hydroxyl groups is 1. The van der Waals surface area contributed by atoms with Crippen LogP contribution in [0.3, 0.4) is 0 Å². The third-order valence-electron chi connectivity index (χ3n) is 1.67. The van der Waals surface area contributed by atoms with Crippen LogP contribution >= 0.6 is 0 Å². The summed E-state index contributed by atoms with van der Waals surface area (Å²) in [6.07, 6.45) is 0.0480. The van der Waals surface area contributed by atoms with Gasteiger partial charge in [0.05, 0.1) is 19.3 Å². The number of rotatable bonds is 2. The summed E-state index contributed by atoms with van der Waals surface area (Å²) in [7, 11) is 0. The highest BCUT2D eigenvalue weighted by molar-refractivity contribution is 4.60. The SMILES string of the molecule is CC(O)CC1OCC(C)CO1. The van der Waals surface area contributed by atoms with E-state index in [1.165, 1.54) is 0 Å². The molecule has 0 aromatic rings. The maximum Gasteiger partial charge on any atom is 0.160 e. The number of aliphatic hydroxyl groups excluding tert-OH is 1. The van der Waals surface area contributed by atoms with E-state index in [-0.39, 0.29) is 12.4 Å². The van der Waals surface area contributed by atoms with Gasteiger partial charge >= 0.3 is 0 Å². The summed E-state index contributed by atoms with van der Waals surface area (Å²) in [6.45, 7) is 5.32. The summed E-state index contributed by atoms with van der Waals surface area (Å²) in [5.74, 6) is 0.486. The van der Waals surface area contributed by atoms with Gasteiger partial charge in [-0.05, 0) is 6.92 Å². The number of ether oxygens (including phenoxy) is 2. The molecule has 1 heterocycles. The minimum atomic E-state index is -0.339. The van der Waals surface area contributed by atoms with E-state index in [4.69, 9.17) is 14.6 Å². The molecule has 11 heavy (non-hydrogen) atoms. The molecule has 0 spiro atoms. The Morgan fingerprint density at radius 2 is 2.00 bits per heavy atom. The second kappa shape index (κ2) is 4.04. The standard InChI is InChI=1S/C8H16O3/c1-6-4-10-8(11-5-6)3-7(2)9/h6-9H,3-5H2,1-2H3. The molecule has 0 radical (unpaired) electrons. The van der Waals surface area contributed by atoms with Crippen molar-refractivity contribution in [1.82, 2.24) is 0 Å². The zero-order chi connectivity index (χ0) is 8.27. The Balaban J connectivity index is 2.17. The normalized spacial score (nSPS) is 35.2. The van der Waals surface area contributed by atoms with E-state index in [1.807, 2.05) is 0 Å². The van der Waals surface area contributed by atoms with Crippen LogP contribution in [-0.4, -0.2) is 30.7 Å². The molecule has 1 atom stereocenters. The molecule has 0 saturated carbocycles. The molecule has 1 unspecified atom stereocenters. The van der Waals surface area contributed by atoms with Crippen molar-refractivity contribution < 1.29 is 14.6 Å². The van der Waals surface area contributed by atoms with Crippen molar-refractivity contribution in [1.29, 1.82) is 0 Å². The summed E-state index contributed by atoms with van der Waals surface area (Å²) in [6, 6.07) is 0. The predicted octanol–water partition coefficient (Wildman–Crippen LogP) is 0.766. The van der Waals surface area contributed by atoms with E-state index >= 15 is 0 Å². The van der Waals surface area contributed by atoms with E-state index in [1.54, 1.807) is 6.92 Å². The van der Waals surface area contributed by atoms with Crippen molar-refractivity contribution in [3.63, 3.8) is 0 Å². The average Bonchev–Trinajstić information content (AvgIpc) is 1.93. The predicted molar refractivity (Wildman–Crippen MR) is 41.2 cm³/mol. The molecule has 0 aliphatic carbocycles. The van der Waals surface area contributed by atoms with E-state index in [2.05, 4.69) is 6.92 Å². The van der Waals surface area contributed by atoms with Gasteiger partial charge in [-0.2, -0.15) is 0 Å². The van der Waals surface area contributed by atoms with Crippen molar-refractivity contribution in [3.8, 4) is 0 Å². The van der Waals surface area contributed by atoms with E-state index in [9.17, 15) is 0 Å². The topological polar surface area (TPSA) is 38.7 Å². The molecule has 1 aliphatic rings. The highest BCUT2D eigenvalue weighted by Crippen LogP contribution is 2.14. The third-order valence-corrected chi connectivity index (χ3v) is 1.67. The Morgan fingerprint density at radius 1 is 1.45 bits per heavy atom. The molecule has 66 valence electrons. The van der Waals surface area contributed by atoms with Gasteiger partial charge in [-0.1, -0.05) is 6.92 Å². The summed E-state index contributed by atoms with van der Waals surface area (Å²) in [4.78, 5) is 0. The molecule has 3 heteroatoms. The second-order valence-corrected chi connectivity index (χ2v) is 3.29. The van der Waals surface area contributed by atoms with Gasteiger partial charge in [0.2, 0.25) is 0 Å². The first-order valence-electron chi connectivity index (χ1n) is 4.09. The zero-order valence-corrected chi connectivity index (χ0v) is 7.12. The molecule has 1 rings (SSSR count). The Morgan fingerprint density at radius 3 is 2.45 bits per heavy atom. The fourth-order valence-electron chi connectivity index (χ4n) is 1.05. The molecule has 0 aromatic carbocycles. The largest absolute Gasteiger partial charge is 0.393 e. The van der Waals surface area contributed by atoms with Crippen LogP contribution in [0.25, 0.3) is 0 Å². The minimum Gasteiger partial charge on any atom is -0.393 e. The molecular weight excluding hydrogens is 144 g/mol. The van der Waals surface area contributed by atoms with Crippen molar-refractivity contribution in [2.45, 2.75) is 32.7 Å². The van der Waals surface area contributed by atoms with Gasteiger partial charge in [-0.3, -0.25) is 0 Å². The molecule has 1 saturated heterocycles. The van der Waals surface area contributed by atoms with Crippen LogP contribution in [0, 0.1) is 5.92 Å². The molecule has 1 fully saturated rings. The quantitative estimate of drug-likeness (QED) is 0.648. The first-order valence-corrected chi connectivity index (χ1v) is 4.09. The molecule has 0 bridgehead atoms.